The highest BCUT2D eigenvalue weighted by atomic mass is 16.2. The Morgan fingerprint density at radius 1 is 1.11 bits per heavy atom. The molecule has 1 fully saturated rings. The molecule has 1 rings (SSSR count). The number of nitrogens with zero attached hydrogens (tertiary/aromatic N) is 2. The zero-order valence-electron chi connectivity index (χ0n) is 13.1. The third-order valence-electron chi connectivity index (χ3n) is 4.51. The molecule has 1 aliphatic carbocycles. The molecule has 112 valence electrons. The molecule has 0 aliphatic heterocycles. The second kappa shape index (κ2) is 7.85. The first-order valence-corrected chi connectivity index (χ1v) is 7.85. The Morgan fingerprint density at radius 3 is 2.05 bits per heavy atom. The van der Waals surface area contributed by atoms with Crippen LogP contribution in [0.15, 0.2) is 0 Å². The molecule has 1 unspecified atom stereocenters. The minimum atomic E-state index is -0.00998. The van der Waals surface area contributed by atoms with Gasteiger partial charge in [-0.2, -0.15) is 0 Å². The van der Waals surface area contributed by atoms with E-state index in [9.17, 15) is 4.79 Å². The second-order valence-corrected chi connectivity index (χ2v) is 5.59. The zero-order chi connectivity index (χ0) is 14.4. The molecule has 2 N–H and O–H groups in total. The van der Waals surface area contributed by atoms with Crippen molar-refractivity contribution in [2.24, 2.45) is 5.73 Å². The average molecular weight is 269 g/mol. The predicted octanol–water partition coefficient (Wildman–Crippen LogP) is 1.84. The lowest BCUT2D eigenvalue weighted by atomic mass is 9.90. The largest absolute Gasteiger partial charge is 0.342 e. The molecule has 1 aliphatic rings. The molecule has 1 amide bonds. The van der Waals surface area contributed by atoms with Crippen LogP contribution >= 0.6 is 0 Å². The summed E-state index contributed by atoms with van der Waals surface area (Å²) in [5, 5.41) is 0. The van der Waals surface area contributed by atoms with E-state index in [0.29, 0.717) is 12.1 Å². The van der Waals surface area contributed by atoms with Crippen LogP contribution in [0.3, 0.4) is 0 Å². The smallest absolute Gasteiger partial charge is 0.239 e. The maximum absolute atomic E-state index is 12.5. The van der Waals surface area contributed by atoms with Crippen molar-refractivity contribution in [2.75, 3.05) is 19.6 Å². The fraction of sp³-hybridized carbons (Fsp3) is 0.933. The standard InChI is InChI=1S/C15H31N3O/c1-5-17(6-2)15(19)12(4)18(7-3)14-10-8-13(16)9-11-14/h12-14H,5-11,16H2,1-4H3. The molecule has 1 saturated carbocycles. The average Bonchev–Trinajstić information content (AvgIpc) is 2.42. The summed E-state index contributed by atoms with van der Waals surface area (Å²) in [6, 6.07) is 0.882. The van der Waals surface area contributed by atoms with Gasteiger partial charge in [-0.25, -0.2) is 0 Å². The van der Waals surface area contributed by atoms with E-state index in [0.717, 1.165) is 45.3 Å². The van der Waals surface area contributed by atoms with Crippen LogP contribution in [-0.4, -0.2) is 53.5 Å². The van der Waals surface area contributed by atoms with Crippen molar-refractivity contribution in [1.82, 2.24) is 9.80 Å². The molecule has 1 atom stereocenters. The summed E-state index contributed by atoms with van der Waals surface area (Å²) < 4.78 is 0. The Bertz CT molecular complexity index is 271. The van der Waals surface area contributed by atoms with Crippen LogP contribution in [-0.2, 0) is 4.79 Å². The van der Waals surface area contributed by atoms with Crippen LogP contribution in [0.2, 0.25) is 0 Å². The van der Waals surface area contributed by atoms with E-state index in [1.54, 1.807) is 0 Å². The van der Waals surface area contributed by atoms with Gasteiger partial charge in [0.1, 0.15) is 0 Å². The monoisotopic (exact) mass is 269 g/mol. The zero-order valence-corrected chi connectivity index (χ0v) is 13.1. The van der Waals surface area contributed by atoms with Gasteiger partial charge < -0.3 is 10.6 Å². The SMILES string of the molecule is CCN(CC)C(=O)C(C)N(CC)C1CCC(N)CC1. The van der Waals surface area contributed by atoms with E-state index < -0.39 is 0 Å². The van der Waals surface area contributed by atoms with Gasteiger partial charge in [-0.1, -0.05) is 6.92 Å². The topological polar surface area (TPSA) is 49.6 Å². The molecule has 0 aromatic heterocycles. The second-order valence-electron chi connectivity index (χ2n) is 5.59. The molecule has 4 heteroatoms. The number of hydrogen-bond acceptors (Lipinski definition) is 3. The fourth-order valence-corrected chi connectivity index (χ4v) is 3.22. The summed E-state index contributed by atoms with van der Waals surface area (Å²) in [7, 11) is 0. The van der Waals surface area contributed by atoms with E-state index in [4.69, 9.17) is 5.73 Å². The molecular formula is C15H31N3O. The Labute approximate surface area is 118 Å². The van der Waals surface area contributed by atoms with Gasteiger partial charge in [-0.3, -0.25) is 9.69 Å². The summed E-state index contributed by atoms with van der Waals surface area (Å²) in [5.41, 5.74) is 5.97. The number of hydrogen-bond donors (Lipinski definition) is 1. The first-order valence-electron chi connectivity index (χ1n) is 7.85. The van der Waals surface area contributed by atoms with Gasteiger partial charge in [0.2, 0.25) is 5.91 Å². The van der Waals surface area contributed by atoms with Crippen molar-refractivity contribution in [1.29, 1.82) is 0 Å². The Kier molecular flexibility index (Phi) is 6.80. The molecule has 0 bridgehead atoms. The lowest BCUT2D eigenvalue weighted by Crippen LogP contribution is -2.52. The summed E-state index contributed by atoms with van der Waals surface area (Å²) >= 11 is 0. The lowest BCUT2D eigenvalue weighted by molar-refractivity contribution is -0.137. The highest BCUT2D eigenvalue weighted by Crippen LogP contribution is 2.24. The molecule has 4 nitrogen and oxygen atoms in total. The molecule has 0 heterocycles. The molecule has 0 radical (unpaired) electrons. The number of nitrogens with two attached hydrogens (primary N) is 1. The van der Waals surface area contributed by atoms with E-state index in [2.05, 4.69) is 18.7 Å². The minimum absolute atomic E-state index is 0.00998. The molecule has 19 heavy (non-hydrogen) atoms. The molecule has 0 saturated heterocycles. The van der Waals surface area contributed by atoms with Crippen molar-refractivity contribution in [3.8, 4) is 0 Å². The van der Waals surface area contributed by atoms with Crippen LogP contribution in [0.4, 0.5) is 0 Å². The minimum Gasteiger partial charge on any atom is -0.342 e. The number of amides is 1. The predicted molar refractivity (Wildman–Crippen MR) is 80.0 cm³/mol. The van der Waals surface area contributed by atoms with Crippen molar-refractivity contribution in [2.45, 2.75) is 71.5 Å². The van der Waals surface area contributed by atoms with Gasteiger partial charge >= 0.3 is 0 Å². The summed E-state index contributed by atoms with van der Waals surface area (Å²) in [6.45, 7) is 10.8. The summed E-state index contributed by atoms with van der Waals surface area (Å²) in [4.78, 5) is 16.8. The van der Waals surface area contributed by atoms with Gasteiger partial charge in [-0.05, 0) is 53.0 Å². The highest BCUT2D eigenvalue weighted by molar-refractivity contribution is 5.81. The van der Waals surface area contributed by atoms with Crippen LogP contribution in [0.25, 0.3) is 0 Å². The first kappa shape index (κ1) is 16.4. The molecule has 0 spiro atoms. The third-order valence-corrected chi connectivity index (χ3v) is 4.51. The Hall–Kier alpha value is -0.610. The number of rotatable bonds is 6. The summed E-state index contributed by atoms with van der Waals surface area (Å²) in [5.74, 6) is 0.265. The van der Waals surface area contributed by atoms with Gasteiger partial charge in [0.25, 0.3) is 0 Å². The van der Waals surface area contributed by atoms with Crippen LogP contribution in [0.1, 0.15) is 53.4 Å². The van der Waals surface area contributed by atoms with E-state index in [1.807, 2.05) is 18.7 Å². The number of carbonyl (C=O) groups is 1. The Morgan fingerprint density at radius 2 is 1.63 bits per heavy atom. The number of likely N-dealkylation sites (N-methyl/N-ethyl adjacent to an activating group) is 2. The third kappa shape index (κ3) is 4.18. The highest BCUT2D eigenvalue weighted by Gasteiger charge is 2.31. The number of carbonyl (C=O) groups excluding carboxylic acids is 1. The normalized spacial score (nSPS) is 25.4. The molecule has 0 aromatic rings. The first-order chi connectivity index (χ1) is 9.04. The lowest BCUT2D eigenvalue weighted by Gasteiger charge is -2.39. The van der Waals surface area contributed by atoms with Crippen molar-refractivity contribution in [3.63, 3.8) is 0 Å². The maximum Gasteiger partial charge on any atom is 0.239 e. The van der Waals surface area contributed by atoms with Crippen LogP contribution in [0.5, 0.6) is 0 Å². The summed E-state index contributed by atoms with van der Waals surface area (Å²) in [6.07, 6.45) is 4.44. The Balaban J connectivity index is 2.65. The van der Waals surface area contributed by atoms with Gasteiger partial charge in [0.15, 0.2) is 0 Å². The van der Waals surface area contributed by atoms with Crippen molar-refractivity contribution in [3.05, 3.63) is 0 Å². The maximum atomic E-state index is 12.5. The quantitative estimate of drug-likeness (QED) is 0.800. The van der Waals surface area contributed by atoms with E-state index in [1.165, 1.54) is 0 Å². The van der Waals surface area contributed by atoms with Crippen molar-refractivity contribution >= 4 is 5.91 Å². The van der Waals surface area contributed by atoms with Gasteiger partial charge in [0, 0.05) is 25.2 Å². The van der Waals surface area contributed by atoms with Gasteiger partial charge in [0.05, 0.1) is 6.04 Å². The molecular weight excluding hydrogens is 238 g/mol. The van der Waals surface area contributed by atoms with E-state index >= 15 is 0 Å². The van der Waals surface area contributed by atoms with Crippen LogP contribution < -0.4 is 5.73 Å². The van der Waals surface area contributed by atoms with Crippen LogP contribution in [0, 0.1) is 0 Å². The molecule has 0 aromatic carbocycles. The van der Waals surface area contributed by atoms with Crippen molar-refractivity contribution < 1.29 is 4.79 Å². The fourth-order valence-electron chi connectivity index (χ4n) is 3.22. The van der Waals surface area contributed by atoms with E-state index in [-0.39, 0.29) is 11.9 Å². The van der Waals surface area contributed by atoms with Gasteiger partial charge in [-0.15, -0.1) is 0 Å².